The zero-order valence-corrected chi connectivity index (χ0v) is 14.1. The first-order chi connectivity index (χ1) is 11.1. The van der Waals surface area contributed by atoms with E-state index < -0.39 is 0 Å². The number of carbonyl (C=O) groups excluding carboxylic acids is 1. The first-order valence-electron chi connectivity index (χ1n) is 7.77. The molecule has 0 bridgehead atoms. The minimum absolute atomic E-state index is 0.00736. The smallest absolute Gasteiger partial charge is 0.266 e. The highest BCUT2D eigenvalue weighted by molar-refractivity contribution is 5.97. The normalized spacial score (nSPS) is 11.2. The van der Waals surface area contributed by atoms with E-state index in [4.69, 9.17) is 4.74 Å². The van der Waals surface area contributed by atoms with Crippen LogP contribution >= 0.6 is 0 Å². The molecule has 1 rings (SSSR count). The van der Waals surface area contributed by atoms with Crippen LogP contribution in [0.25, 0.3) is 0 Å². The van der Waals surface area contributed by atoms with E-state index in [1.54, 1.807) is 12.0 Å². The van der Waals surface area contributed by atoms with Crippen molar-refractivity contribution in [3.05, 3.63) is 47.7 Å². The van der Waals surface area contributed by atoms with Crippen LogP contribution in [-0.2, 0) is 16.1 Å². The number of nitrogens with one attached hydrogen (secondary N) is 1. The second-order valence-electron chi connectivity index (χ2n) is 5.48. The lowest BCUT2D eigenvalue weighted by Crippen LogP contribution is -2.37. The summed E-state index contributed by atoms with van der Waals surface area (Å²) in [6.45, 7) is 5.68. The zero-order chi connectivity index (χ0) is 17.1. The molecule has 0 heterocycles. The van der Waals surface area contributed by atoms with Crippen LogP contribution in [0.1, 0.15) is 25.8 Å². The summed E-state index contributed by atoms with van der Waals surface area (Å²) in [5, 5.41) is 12.3. The summed E-state index contributed by atoms with van der Waals surface area (Å²) < 4.78 is 4.96. The molecular weight excluding hydrogens is 290 g/mol. The van der Waals surface area contributed by atoms with Crippen LogP contribution in [0.15, 0.2) is 42.1 Å². The fourth-order valence-corrected chi connectivity index (χ4v) is 2.06. The molecule has 0 fully saturated rings. The molecule has 0 saturated carbocycles. The molecule has 0 atom stereocenters. The maximum Gasteiger partial charge on any atom is 0.266 e. The molecule has 0 spiro atoms. The van der Waals surface area contributed by atoms with E-state index in [1.165, 1.54) is 6.20 Å². The molecule has 1 aromatic rings. The lowest BCUT2D eigenvalue weighted by molar-refractivity contribution is -0.129. The van der Waals surface area contributed by atoms with Crippen LogP contribution in [0.2, 0.25) is 0 Å². The maximum absolute atomic E-state index is 12.6. The van der Waals surface area contributed by atoms with Crippen molar-refractivity contribution >= 4 is 5.91 Å². The predicted octanol–water partition coefficient (Wildman–Crippen LogP) is 2.46. The number of carbonyl (C=O) groups is 1. The Kier molecular flexibility index (Phi) is 8.48. The monoisotopic (exact) mass is 315 g/mol. The van der Waals surface area contributed by atoms with E-state index in [0.717, 1.165) is 12.0 Å². The molecule has 1 aromatic carbocycles. The second kappa shape index (κ2) is 10.4. The average Bonchev–Trinajstić information content (AvgIpc) is 2.56. The molecule has 124 valence electrons. The molecule has 0 aliphatic rings. The van der Waals surface area contributed by atoms with Gasteiger partial charge in [0, 0.05) is 39.0 Å². The largest absolute Gasteiger partial charge is 0.390 e. The first-order valence-corrected chi connectivity index (χ1v) is 7.77. The Balaban J connectivity index is 2.74. The minimum Gasteiger partial charge on any atom is -0.390 e. The van der Waals surface area contributed by atoms with Crippen LogP contribution in [-0.4, -0.2) is 37.1 Å². The number of methoxy groups -OCH3 is 1. The van der Waals surface area contributed by atoms with Gasteiger partial charge in [-0.1, -0.05) is 30.3 Å². The number of ether oxygens (including phenoxy) is 1. The summed E-state index contributed by atoms with van der Waals surface area (Å²) in [6, 6.07) is 11.8. The Labute approximate surface area is 138 Å². The van der Waals surface area contributed by atoms with Crippen molar-refractivity contribution in [2.45, 2.75) is 32.9 Å². The molecule has 0 unspecified atom stereocenters. The van der Waals surface area contributed by atoms with Crippen molar-refractivity contribution in [3.63, 3.8) is 0 Å². The third-order valence-electron chi connectivity index (χ3n) is 3.35. The number of nitriles is 1. The second-order valence-corrected chi connectivity index (χ2v) is 5.48. The summed E-state index contributed by atoms with van der Waals surface area (Å²) in [6.07, 6.45) is 2.32. The Morgan fingerprint density at radius 1 is 1.39 bits per heavy atom. The van der Waals surface area contributed by atoms with Crippen molar-refractivity contribution < 1.29 is 9.53 Å². The lowest BCUT2D eigenvalue weighted by atomic mass is 10.1. The standard InChI is InChI=1S/C18H25N3O2/c1-15(2)21(14-16-8-5-4-6-9-16)18(22)17(12-19)13-20-10-7-11-23-3/h4-6,8-9,13,15,20H,7,10-11,14H2,1-3H3/b17-13-. The van der Waals surface area contributed by atoms with E-state index in [1.807, 2.05) is 50.2 Å². The highest BCUT2D eigenvalue weighted by Crippen LogP contribution is 2.12. The van der Waals surface area contributed by atoms with Crippen LogP contribution in [0.3, 0.4) is 0 Å². The topological polar surface area (TPSA) is 65.4 Å². The van der Waals surface area contributed by atoms with Crippen molar-refractivity contribution in [1.82, 2.24) is 10.2 Å². The third kappa shape index (κ3) is 6.54. The van der Waals surface area contributed by atoms with Gasteiger partial charge in [0.05, 0.1) is 0 Å². The summed E-state index contributed by atoms with van der Waals surface area (Å²) in [7, 11) is 1.64. The Bertz CT molecular complexity index is 547. The van der Waals surface area contributed by atoms with Crippen molar-refractivity contribution in [2.24, 2.45) is 0 Å². The van der Waals surface area contributed by atoms with Gasteiger partial charge in [0.2, 0.25) is 0 Å². The predicted molar refractivity (Wildman–Crippen MR) is 90.3 cm³/mol. The summed E-state index contributed by atoms with van der Waals surface area (Å²) in [4.78, 5) is 14.3. The molecule has 5 heteroatoms. The number of amides is 1. The van der Waals surface area contributed by atoms with Gasteiger partial charge in [-0.05, 0) is 25.8 Å². The van der Waals surface area contributed by atoms with Crippen molar-refractivity contribution in [1.29, 1.82) is 5.26 Å². The molecule has 23 heavy (non-hydrogen) atoms. The number of hydrogen-bond donors (Lipinski definition) is 1. The van der Waals surface area contributed by atoms with Gasteiger partial charge in [0.25, 0.3) is 5.91 Å². The average molecular weight is 315 g/mol. The number of rotatable bonds is 9. The molecule has 5 nitrogen and oxygen atoms in total. The summed E-state index contributed by atoms with van der Waals surface area (Å²) in [5.74, 6) is -0.259. The molecule has 0 aliphatic heterocycles. The molecule has 1 amide bonds. The maximum atomic E-state index is 12.6. The van der Waals surface area contributed by atoms with E-state index in [0.29, 0.717) is 19.7 Å². The van der Waals surface area contributed by atoms with E-state index in [2.05, 4.69) is 5.32 Å². The van der Waals surface area contributed by atoms with Gasteiger partial charge in [-0.25, -0.2) is 0 Å². The van der Waals surface area contributed by atoms with Crippen molar-refractivity contribution in [3.8, 4) is 6.07 Å². The Morgan fingerprint density at radius 3 is 2.65 bits per heavy atom. The van der Waals surface area contributed by atoms with E-state index in [9.17, 15) is 10.1 Å². The fourth-order valence-electron chi connectivity index (χ4n) is 2.06. The Hall–Kier alpha value is -2.32. The first kappa shape index (κ1) is 18.7. The summed E-state index contributed by atoms with van der Waals surface area (Å²) >= 11 is 0. The van der Waals surface area contributed by atoms with E-state index >= 15 is 0 Å². The van der Waals surface area contributed by atoms with Crippen LogP contribution < -0.4 is 5.32 Å². The summed E-state index contributed by atoms with van der Waals surface area (Å²) in [5.41, 5.74) is 1.16. The van der Waals surface area contributed by atoms with Gasteiger partial charge in [0.15, 0.2) is 0 Å². The van der Waals surface area contributed by atoms with Gasteiger partial charge in [-0.15, -0.1) is 0 Å². The van der Waals surface area contributed by atoms with Gasteiger partial charge < -0.3 is 15.0 Å². The van der Waals surface area contributed by atoms with E-state index in [-0.39, 0.29) is 17.5 Å². The highest BCUT2D eigenvalue weighted by Gasteiger charge is 2.21. The molecule has 0 aliphatic carbocycles. The molecule has 1 N–H and O–H groups in total. The lowest BCUT2D eigenvalue weighted by Gasteiger charge is -2.26. The fraction of sp³-hybridized carbons (Fsp3) is 0.444. The van der Waals surface area contributed by atoms with Crippen LogP contribution in [0.5, 0.6) is 0 Å². The van der Waals surface area contributed by atoms with Gasteiger partial charge in [-0.3, -0.25) is 4.79 Å². The molecule has 0 aromatic heterocycles. The molecule has 0 radical (unpaired) electrons. The zero-order valence-electron chi connectivity index (χ0n) is 14.1. The van der Waals surface area contributed by atoms with Gasteiger partial charge in [-0.2, -0.15) is 5.26 Å². The van der Waals surface area contributed by atoms with Gasteiger partial charge in [0.1, 0.15) is 11.6 Å². The number of hydrogen-bond acceptors (Lipinski definition) is 4. The quantitative estimate of drug-likeness (QED) is 0.432. The Morgan fingerprint density at radius 2 is 2.09 bits per heavy atom. The minimum atomic E-state index is -0.259. The number of nitrogens with zero attached hydrogens (tertiary/aromatic N) is 2. The SMILES string of the molecule is COCCCN/C=C(/C#N)C(=O)N(Cc1ccccc1)C(C)C. The van der Waals surface area contributed by atoms with Crippen LogP contribution in [0, 0.1) is 11.3 Å². The third-order valence-corrected chi connectivity index (χ3v) is 3.35. The number of benzene rings is 1. The molecule has 0 saturated heterocycles. The highest BCUT2D eigenvalue weighted by atomic mass is 16.5. The van der Waals surface area contributed by atoms with Crippen LogP contribution in [0.4, 0.5) is 0 Å². The van der Waals surface area contributed by atoms with Crippen molar-refractivity contribution in [2.75, 3.05) is 20.3 Å². The molecular formula is C18H25N3O2. The van der Waals surface area contributed by atoms with Gasteiger partial charge >= 0.3 is 0 Å².